The van der Waals surface area contributed by atoms with Gasteiger partial charge in [0.25, 0.3) is 0 Å². The molecule has 0 saturated carbocycles. The van der Waals surface area contributed by atoms with Crippen LogP contribution in [-0.4, -0.2) is 19.2 Å². The highest BCUT2D eigenvalue weighted by Crippen LogP contribution is 2.26. The van der Waals surface area contributed by atoms with Crippen molar-refractivity contribution in [3.05, 3.63) is 28.0 Å². The van der Waals surface area contributed by atoms with Crippen molar-refractivity contribution >= 4 is 33.7 Å². The van der Waals surface area contributed by atoms with Gasteiger partial charge < -0.3 is 4.74 Å². The molecule has 0 bridgehead atoms. The van der Waals surface area contributed by atoms with E-state index in [9.17, 15) is 14.0 Å². The zero-order chi connectivity index (χ0) is 11.4. The van der Waals surface area contributed by atoms with E-state index in [1.165, 1.54) is 18.2 Å². The Balaban J connectivity index is 3.40. The van der Waals surface area contributed by atoms with Crippen LogP contribution in [0.25, 0.3) is 0 Å². The molecule has 0 N–H and O–H groups in total. The second-order valence-corrected chi connectivity index (χ2v) is 3.40. The number of aliphatic imine (C=N–C) groups is 1. The maximum Gasteiger partial charge on any atom is 0.340 e. The van der Waals surface area contributed by atoms with Crippen LogP contribution in [0, 0.1) is 5.82 Å². The van der Waals surface area contributed by atoms with Gasteiger partial charge in [-0.05, 0) is 12.1 Å². The summed E-state index contributed by atoms with van der Waals surface area (Å²) in [6.07, 6.45) is 1.20. The van der Waals surface area contributed by atoms with Crippen molar-refractivity contribution in [3.63, 3.8) is 0 Å². The molecule has 0 aliphatic heterocycles. The van der Waals surface area contributed by atoms with Crippen LogP contribution in [0.15, 0.2) is 21.6 Å². The lowest BCUT2D eigenvalue weighted by molar-refractivity contribution is 0.0595. The van der Waals surface area contributed by atoms with Crippen molar-refractivity contribution in [1.82, 2.24) is 0 Å². The Labute approximate surface area is 92.9 Å². The minimum Gasteiger partial charge on any atom is -0.465 e. The Morgan fingerprint density at radius 3 is 2.80 bits per heavy atom. The van der Waals surface area contributed by atoms with E-state index < -0.39 is 11.8 Å². The van der Waals surface area contributed by atoms with Gasteiger partial charge in [-0.15, -0.1) is 0 Å². The van der Waals surface area contributed by atoms with Gasteiger partial charge in [-0.3, -0.25) is 0 Å². The third-order valence-electron chi connectivity index (χ3n) is 1.59. The number of ether oxygens (including phenoxy) is 1. The van der Waals surface area contributed by atoms with Crippen LogP contribution in [0.1, 0.15) is 10.4 Å². The first-order valence-corrected chi connectivity index (χ1v) is 4.54. The molecule has 0 radical (unpaired) electrons. The Morgan fingerprint density at radius 1 is 1.60 bits per heavy atom. The number of carbonyl (C=O) groups excluding carboxylic acids is 2. The number of halogens is 2. The van der Waals surface area contributed by atoms with E-state index in [1.54, 1.807) is 0 Å². The number of isocyanates is 1. The first kappa shape index (κ1) is 11.6. The van der Waals surface area contributed by atoms with Crippen LogP contribution in [0.4, 0.5) is 10.1 Å². The predicted molar refractivity (Wildman–Crippen MR) is 53.2 cm³/mol. The number of benzene rings is 1. The van der Waals surface area contributed by atoms with Crippen molar-refractivity contribution in [2.45, 2.75) is 0 Å². The van der Waals surface area contributed by atoms with E-state index in [2.05, 4.69) is 25.7 Å². The SMILES string of the molecule is COC(=O)c1cc(Br)cc(N=C=O)c1F. The highest BCUT2D eigenvalue weighted by Gasteiger charge is 2.16. The average Bonchev–Trinajstić information content (AvgIpc) is 2.22. The minimum absolute atomic E-state index is 0.264. The maximum atomic E-state index is 13.5. The maximum absolute atomic E-state index is 13.5. The Bertz CT molecular complexity index is 455. The highest BCUT2D eigenvalue weighted by atomic mass is 79.9. The molecular weight excluding hydrogens is 269 g/mol. The molecule has 0 aliphatic carbocycles. The van der Waals surface area contributed by atoms with Crippen LogP contribution < -0.4 is 0 Å². The smallest absolute Gasteiger partial charge is 0.340 e. The molecule has 1 aromatic carbocycles. The number of methoxy groups -OCH3 is 1. The lowest BCUT2D eigenvalue weighted by atomic mass is 10.2. The Morgan fingerprint density at radius 2 is 2.27 bits per heavy atom. The molecule has 1 aromatic rings. The topological polar surface area (TPSA) is 55.7 Å². The second-order valence-electron chi connectivity index (χ2n) is 2.48. The number of nitrogens with zero attached hydrogens (tertiary/aromatic N) is 1. The Hall–Kier alpha value is -1.52. The van der Waals surface area contributed by atoms with E-state index >= 15 is 0 Å². The highest BCUT2D eigenvalue weighted by molar-refractivity contribution is 9.10. The number of rotatable bonds is 2. The summed E-state index contributed by atoms with van der Waals surface area (Å²) in [5.74, 6) is -1.75. The van der Waals surface area contributed by atoms with Crippen molar-refractivity contribution in [2.75, 3.05) is 7.11 Å². The van der Waals surface area contributed by atoms with Gasteiger partial charge in [-0.25, -0.2) is 14.0 Å². The summed E-state index contributed by atoms with van der Waals surface area (Å²) in [6.45, 7) is 0. The molecule has 4 nitrogen and oxygen atoms in total. The quantitative estimate of drug-likeness (QED) is 0.472. The zero-order valence-electron chi connectivity index (χ0n) is 7.58. The molecule has 15 heavy (non-hydrogen) atoms. The zero-order valence-corrected chi connectivity index (χ0v) is 9.17. The summed E-state index contributed by atoms with van der Waals surface area (Å²) in [7, 11) is 1.13. The van der Waals surface area contributed by atoms with Crippen LogP contribution in [0.5, 0.6) is 0 Å². The van der Waals surface area contributed by atoms with Gasteiger partial charge in [0.05, 0.1) is 12.7 Å². The van der Waals surface area contributed by atoms with Crippen molar-refractivity contribution in [2.24, 2.45) is 4.99 Å². The molecule has 0 saturated heterocycles. The van der Waals surface area contributed by atoms with E-state index in [-0.39, 0.29) is 11.3 Å². The number of hydrogen-bond donors (Lipinski definition) is 0. The lowest BCUT2D eigenvalue weighted by Gasteiger charge is -2.03. The van der Waals surface area contributed by atoms with Crippen LogP contribution in [0.2, 0.25) is 0 Å². The third-order valence-corrected chi connectivity index (χ3v) is 2.05. The number of hydrogen-bond acceptors (Lipinski definition) is 4. The molecule has 0 fully saturated rings. The largest absolute Gasteiger partial charge is 0.465 e. The van der Waals surface area contributed by atoms with Gasteiger partial charge in [0, 0.05) is 4.47 Å². The van der Waals surface area contributed by atoms with E-state index in [0.29, 0.717) is 4.47 Å². The molecule has 0 aromatic heterocycles. The molecule has 0 amide bonds. The van der Waals surface area contributed by atoms with Gasteiger partial charge >= 0.3 is 5.97 Å². The lowest BCUT2D eigenvalue weighted by Crippen LogP contribution is -2.04. The van der Waals surface area contributed by atoms with Crippen LogP contribution in [-0.2, 0) is 9.53 Å². The first-order chi connectivity index (χ1) is 7.10. The van der Waals surface area contributed by atoms with E-state index in [1.807, 2.05) is 0 Å². The average molecular weight is 274 g/mol. The van der Waals surface area contributed by atoms with Gasteiger partial charge in [0.1, 0.15) is 5.69 Å². The fourth-order valence-electron chi connectivity index (χ4n) is 0.964. The molecular formula is C9H5BrFNO3. The fourth-order valence-corrected chi connectivity index (χ4v) is 1.41. The molecule has 6 heteroatoms. The third kappa shape index (κ3) is 2.49. The predicted octanol–water partition coefficient (Wildman–Crippen LogP) is 2.34. The van der Waals surface area contributed by atoms with Crippen LogP contribution >= 0.6 is 15.9 Å². The minimum atomic E-state index is -0.909. The molecule has 0 heterocycles. The molecule has 0 atom stereocenters. The fraction of sp³-hybridized carbons (Fsp3) is 0.111. The first-order valence-electron chi connectivity index (χ1n) is 3.75. The summed E-state index contributed by atoms with van der Waals surface area (Å²) in [6, 6.07) is 2.50. The normalized spacial score (nSPS) is 9.27. The van der Waals surface area contributed by atoms with Crippen molar-refractivity contribution in [3.8, 4) is 0 Å². The van der Waals surface area contributed by atoms with Gasteiger partial charge in [0.2, 0.25) is 6.08 Å². The monoisotopic (exact) mass is 273 g/mol. The van der Waals surface area contributed by atoms with Crippen molar-refractivity contribution in [1.29, 1.82) is 0 Å². The van der Waals surface area contributed by atoms with Crippen molar-refractivity contribution < 1.29 is 18.7 Å². The summed E-state index contributed by atoms with van der Waals surface area (Å²) in [5.41, 5.74) is -0.555. The number of carbonyl (C=O) groups is 1. The van der Waals surface area contributed by atoms with Gasteiger partial charge in [0.15, 0.2) is 5.82 Å². The molecule has 78 valence electrons. The van der Waals surface area contributed by atoms with Gasteiger partial charge in [-0.1, -0.05) is 15.9 Å². The standard InChI is InChI=1S/C9H5BrFNO3/c1-15-9(14)6-2-5(10)3-7(8(6)11)12-4-13/h2-3H,1H3. The van der Waals surface area contributed by atoms with E-state index in [0.717, 1.165) is 7.11 Å². The van der Waals surface area contributed by atoms with Crippen LogP contribution in [0.3, 0.4) is 0 Å². The molecule has 0 aliphatic rings. The summed E-state index contributed by atoms with van der Waals surface area (Å²) < 4.78 is 18.3. The summed E-state index contributed by atoms with van der Waals surface area (Å²) in [5, 5.41) is 0. The molecule has 1 rings (SSSR count). The molecule has 0 spiro atoms. The second kappa shape index (κ2) is 4.82. The number of esters is 1. The molecule has 0 unspecified atom stereocenters. The summed E-state index contributed by atoms with van der Waals surface area (Å²) >= 11 is 3.05. The Kier molecular flexibility index (Phi) is 3.71. The van der Waals surface area contributed by atoms with E-state index in [4.69, 9.17) is 0 Å². The summed E-state index contributed by atoms with van der Waals surface area (Å²) in [4.78, 5) is 24.2. The van der Waals surface area contributed by atoms with Gasteiger partial charge in [-0.2, -0.15) is 4.99 Å².